The fourth-order valence-electron chi connectivity index (χ4n) is 0.593. The Kier molecular flexibility index (Phi) is 2.65. The van der Waals surface area contributed by atoms with Gasteiger partial charge in [0.25, 0.3) is 0 Å². The van der Waals surface area contributed by atoms with Gasteiger partial charge in [-0.1, -0.05) is 0 Å². The van der Waals surface area contributed by atoms with Crippen LogP contribution in [0.5, 0.6) is 0 Å². The number of sulfonamides is 1. The van der Waals surface area contributed by atoms with Gasteiger partial charge in [0.05, 0.1) is 18.1 Å². The van der Waals surface area contributed by atoms with Crippen molar-refractivity contribution < 1.29 is 21.6 Å². The molecule has 0 atom stereocenters. The Morgan fingerprint density at radius 1 is 1.43 bits per heavy atom. The van der Waals surface area contributed by atoms with Crippen molar-refractivity contribution in [2.45, 2.75) is 5.51 Å². The molecule has 1 N–H and O–H groups in total. The summed E-state index contributed by atoms with van der Waals surface area (Å²) >= 11 is 0. The van der Waals surface area contributed by atoms with Gasteiger partial charge >= 0.3 is 15.5 Å². The lowest BCUT2D eigenvalue weighted by Gasteiger charge is -2.09. The van der Waals surface area contributed by atoms with Gasteiger partial charge in [0.2, 0.25) is 0 Å². The molecule has 1 aromatic heterocycles. The van der Waals surface area contributed by atoms with E-state index in [9.17, 15) is 21.6 Å². The first-order valence-electron chi connectivity index (χ1n) is 3.24. The molecule has 0 aliphatic heterocycles. The number of alkyl halides is 3. The van der Waals surface area contributed by atoms with Crippen molar-refractivity contribution in [2.75, 3.05) is 4.72 Å². The van der Waals surface area contributed by atoms with E-state index in [-0.39, 0.29) is 5.69 Å². The molecule has 8 heteroatoms. The Bertz CT molecular complexity index is 401. The summed E-state index contributed by atoms with van der Waals surface area (Å²) in [6.07, 6.45) is 3.21. The van der Waals surface area contributed by atoms with E-state index in [1.165, 1.54) is 10.8 Å². The van der Waals surface area contributed by atoms with Crippen molar-refractivity contribution >= 4 is 15.7 Å². The Hall–Kier alpha value is -1.31. The second-order valence-corrected chi connectivity index (χ2v) is 3.90. The molecule has 0 aliphatic carbocycles. The molecule has 1 rings (SSSR count). The first-order chi connectivity index (χ1) is 6.33. The van der Waals surface area contributed by atoms with Crippen LogP contribution in [0.25, 0.3) is 0 Å². The zero-order valence-corrected chi connectivity index (χ0v) is 7.35. The highest BCUT2D eigenvalue weighted by Gasteiger charge is 2.46. The molecule has 0 bridgehead atoms. The van der Waals surface area contributed by atoms with Crippen LogP contribution in [-0.2, 0) is 10.0 Å². The summed E-state index contributed by atoms with van der Waals surface area (Å²) in [6.45, 7) is 0. The van der Waals surface area contributed by atoms with Gasteiger partial charge in [-0.25, -0.2) is 0 Å². The summed E-state index contributed by atoms with van der Waals surface area (Å²) in [4.78, 5) is 3.33. The van der Waals surface area contributed by atoms with E-state index >= 15 is 0 Å². The molecule has 0 spiro atoms. The Balaban J connectivity index is 2.91. The van der Waals surface area contributed by atoms with Crippen LogP contribution in [0.2, 0.25) is 0 Å². The van der Waals surface area contributed by atoms with Gasteiger partial charge in [-0.3, -0.25) is 9.71 Å². The van der Waals surface area contributed by atoms with Gasteiger partial charge in [0, 0.05) is 0 Å². The highest BCUT2D eigenvalue weighted by molar-refractivity contribution is 7.93. The van der Waals surface area contributed by atoms with Crippen LogP contribution in [0.1, 0.15) is 0 Å². The number of nitrogens with zero attached hydrogens (tertiary/aromatic N) is 1. The monoisotopic (exact) mass is 225 g/mol. The van der Waals surface area contributed by atoms with Gasteiger partial charge in [0.1, 0.15) is 0 Å². The Morgan fingerprint density at radius 3 is 2.50 bits per heavy atom. The smallest absolute Gasteiger partial charge is 0.274 e. The third-order valence-corrected chi connectivity index (χ3v) is 2.29. The minimum atomic E-state index is -5.35. The second-order valence-electron chi connectivity index (χ2n) is 2.23. The van der Waals surface area contributed by atoms with E-state index in [4.69, 9.17) is 0 Å². The van der Waals surface area contributed by atoms with Crippen LogP contribution in [-0.4, -0.2) is 18.9 Å². The van der Waals surface area contributed by atoms with E-state index in [1.54, 1.807) is 0 Å². The molecule has 1 aromatic rings. The van der Waals surface area contributed by atoms with E-state index in [0.29, 0.717) is 0 Å². The van der Waals surface area contributed by atoms with Gasteiger partial charge in [0.15, 0.2) is 0 Å². The number of aromatic nitrogens is 1. The maximum absolute atomic E-state index is 11.8. The van der Waals surface area contributed by atoms with E-state index in [2.05, 4.69) is 11.2 Å². The van der Waals surface area contributed by atoms with Crippen LogP contribution < -0.4 is 4.72 Å². The molecule has 0 amide bonds. The first kappa shape index (κ1) is 10.8. The third-order valence-electron chi connectivity index (χ3n) is 1.17. The highest BCUT2D eigenvalue weighted by Crippen LogP contribution is 2.24. The van der Waals surface area contributed by atoms with Gasteiger partial charge in [-0.05, 0) is 12.1 Å². The SMILES string of the molecule is O=S(=O)(Nc1cc[c]nc1)C(F)(F)F. The molecule has 1 heterocycles. The van der Waals surface area contributed by atoms with Gasteiger partial charge < -0.3 is 0 Å². The fourth-order valence-corrected chi connectivity index (χ4v) is 1.14. The number of halogens is 3. The van der Waals surface area contributed by atoms with Crippen molar-refractivity contribution in [3.05, 3.63) is 24.5 Å². The van der Waals surface area contributed by atoms with Crippen molar-refractivity contribution in [3.63, 3.8) is 0 Å². The topological polar surface area (TPSA) is 59.1 Å². The van der Waals surface area contributed by atoms with Gasteiger partial charge in [-0.2, -0.15) is 21.6 Å². The molecule has 0 aliphatic rings. The van der Waals surface area contributed by atoms with E-state index in [0.717, 1.165) is 12.3 Å². The molecule has 0 fully saturated rings. The molecule has 0 saturated carbocycles. The summed E-state index contributed by atoms with van der Waals surface area (Å²) in [6, 6.07) is 2.30. The number of anilines is 1. The third kappa shape index (κ3) is 2.34. The van der Waals surface area contributed by atoms with Gasteiger partial charge in [-0.15, -0.1) is 0 Å². The normalized spacial score (nSPS) is 12.5. The van der Waals surface area contributed by atoms with Crippen LogP contribution in [0, 0.1) is 6.20 Å². The number of pyridine rings is 1. The molecule has 0 aromatic carbocycles. The summed E-state index contributed by atoms with van der Waals surface area (Å²) < 4.78 is 57.9. The van der Waals surface area contributed by atoms with Crippen molar-refractivity contribution in [1.82, 2.24) is 4.98 Å². The predicted molar refractivity (Wildman–Crippen MR) is 41.7 cm³/mol. The van der Waals surface area contributed by atoms with Crippen molar-refractivity contribution in [3.8, 4) is 0 Å². The Morgan fingerprint density at radius 2 is 2.07 bits per heavy atom. The van der Waals surface area contributed by atoms with Crippen LogP contribution in [0.15, 0.2) is 18.3 Å². The number of nitrogens with one attached hydrogen (secondary N) is 1. The Labute approximate surface area is 77.8 Å². The molecule has 77 valence electrons. The lowest BCUT2D eigenvalue weighted by atomic mass is 10.4. The first-order valence-corrected chi connectivity index (χ1v) is 4.72. The van der Waals surface area contributed by atoms with Crippen LogP contribution in [0.4, 0.5) is 18.9 Å². The van der Waals surface area contributed by atoms with E-state index in [1.807, 2.05) is 0 Å². The minimum absolute atomic E-state index is 0.263. The predicted octanol–water partition coefficient (Wildman–Crippen LogP) is 1.14. The fraction of sp³-hybridized carbons (Fsp3) is 0.167. The molecule has 1 radical (unpaired) electrons. The zero-order chi connectivity index (χ0) is 10.8. The highest BCUT2D eigenvalue weighted by atomic mass is 32.2. The molecular formula is C6H4F3N2O2S. The molecule has 14 heavy (non-hydrogen) atoms. The standard InChI is InChI=1S/C6H4F3N2O2S/c7-6(8,9)14(12,13)11-5-2-1-3-10-4-5/h1-2,4,11H. The zero-order valence-electron chi connectivity index (χ0n) is 6.54. The van der Waals surface area contributed by atoms with Crippen molar-refractivity contribution in [1.29, 1.82) is 0 Å². The number of rotatable bonds is 2. The average Bonchev–Trinajstić information content (AvgIpc) is 2.03. The molecule has 0 unspecified atom stereocenters. The summed E-state index contributed by atoms with van der Waals surface area (Å²) in [5.41, 5.74) is -5.59. The maximum Gasteiger partial charge on any atom is 0.516 e. The molecule has 0 saturated heterocycles. The molecular weight excluding hydrogens is 221 g/mol. The second kappa shape index (κ2) is 3.45. The van der Waals surface area contributed by atoms with Crippen molar-refractivity contribution in [2.24, 2.45) is 0 Å². The summed E-state index contributed by atoms with van der Waals surface area (Å²) in [5.74, 6) is 0. The molecule has 4 nitrogen and oxygen atoms in total. The van der Waals surface area contributed by atoms with Crippen LogP contribution in [0.3, 0.4) is 0 Å². The largest absolute Gasteiger partial charge is 0.516 e. The van der Waals surface area contributed by atoms with E-state index < -0.39 is 15.5 Å². The minimum Gasteiger partial charge on any atom is -0.274 e. The lowest BCUT2D eigenvalue weighted by Crippen LogP contribution is -2.29. The summed E-state index contributed by atoms with van der Waals surface area (Å²) in [5, 5.41) is 0. The number of hydrogen-bond acceptors (Lipinski definition) is 3. The quantitative estimate of drug-likeness (QED) is 0.821. The summed E-state index contributed by atoms with van der Waals surface area (Å²) in [7, 11) is -5.35. The maximum atomic E-state index is 11.8. The lowest BCUT2D eigenvalue weighted by molar-refractivity contribution is -0.0429. The number of hydrogen-bond donors (Lipinski definition) is 1. The average molecular weight is 225 g/mol. The van der Waals surface area contributed by atoms with Crippen LogP contribution >= 0.6 is 0 Å².